The van der Waals surface area contributed by atoms with Crippen LogP contribution in [-0.2, 0) is 0 Å². The molecule has 5 heteroatoms. The number of nitrogens with one attached hydrogen (secondary N) is 2. The van der Waals surface area contributed by atoms with Crippen LogP contribution in [0.25, 0.3) is 0 Å². The van der Waals surface area contributed by atoms with Crippen LogP contribution in [0.5, 0.6) is 5.75 Å². The molecule has 0 aromatic heterocycles. The molecule has 49 heavy (non-hydrogen) atoms. The number of carbonyl (C=O) groups excluding carboxylic acids is 2. The van der Waals surface area contributed by atoms with Crippen molar-refractivity contribution in [2.24, 2.45) is 0 Å². The predicted octanol–water partition coefficient (Wildman–Crippen LogP) is 13.3. The van der Waals surface area contributed by atoms with Crippen molar-refractivity contribution in [2.75, 3.05) is 19.7 Å². The van der Waals surface area contributed by atoms with Crippen LogP contribution in [0.4, 0.5) is 0 Å². The summed E-state index contributed by atoms with van der Waals surface area (Å²) in [5.41, 5.74) is 1.10. The fourth-order valence-corrected chi connectivity index (χ4v) is 6.57. The van der Waals surface area contributed by atoms with E-state index in [0.717, 1.165) is 38.5 Å². The summed E-state index contributed by atoms with van der Waals surface area (Å²) in [5.74, 6) is 0.336. The molecule has 0 radical (unpaired) electrons. The van der Waals surface area contributed by atoms with Crippen LogP contribution in [-0.4, -0.2) is 31.5 Å². The quantitative estimate of drug-likeness (QED) is 0.0691. The van der Waals surface area contributed by atoms with Gasteiger partial charge in [0.1, 0.15) is 5.75 Å². The highest BCUT2D eigenvalue weighted by molar-refractivity contribution is 6.00. The monoisotopic (exact) mass is 685 g/mol. The Morgan fingerprint density at radius 3 is 1.20 bits per heavy atom. The number of hydrogen-bond donors (Lipinski definition) is 2. The van der Waals surface area contributed by atoms with E-state index in [1.54, 1.807) is 18.2 Å². The lowest BCUT2D eigenvalue weighted by Gasteiger charge is -2.14. The molecule has 0 atom stereocenters. The molecule has 0 aliphatic heterocycles. The van der Waals surface area contributed by atoms with Gasteiger partial charge in [0.15, 0.2) is 0 Å². The minimum atomic E-state index is -0.107. The Morgan fingerprint density at radius 1 is 0.449 bits per heavy atom. The zero-order chi connectivity index (χ0) is 35.5. The van der Waals surface area contributed by atoms with Gasteiger partial charge in [0.25, 0.3) is 11.8 Å². The highest BCUT2D eigenvalue weighted by Crippen LogP contribution is 2.22. The third kappa shape index (κ3) is 26.4. The van der Waals surface area contributed by atoms with Crippen molar-refractivity contribution in [3.05, 3.63) is 29.3 Å². The van der Waals surface area contributed by atoms with Gasteiger partial charge in [-0.3, -0.25) is 9.59 Å². The highest BCUT2D eigenvalue weighted by atomic mass is 16.5. The number of ether oxygens (including phenoxy) is 1. The van der Waals surface area contributed by atoms with Gasteiger partial charge in [0, 0.05) is 18.7 Å². The van der Waals surface area contributed by atoms with Gasteiger partial charge < -0.3 is 15.4 Å². The maximum atomic E-state index is 13.2. The van der Waals surface area contributed by atoms with Crippen molar-refractivity contribution in [2.45, 2.75) is 213 Å². The van der Waals surface area contributed by atoms with E-state index in [0.29, 0.717) is 36.6 Å². The Labute approximate surface area is 304 Å². The van der Waals surface area contributed by atoms with Crippen molar-refractivity contribution in [1.82, 2.24) is 10.6 Å². The average Bonchev–Trinajstić information content (AvgIpc) is 3.11. The van der Waals surface area contributed by atoms with E-state index in [1.165, 1.54) is 154 Å². The van der Waals surface area contributed by atoms with E-state index < -0.39 is 0 Å². The summed E-state index contributed by atoms with van der Waals surface area (Å²) in [6.45, 7) is 8.71. The third-order valence-electron chi connectivity index (χ3n) is 9.88. The number of amides is 2. The summed E-state index contributed by atoms with van der Waals surface area (Å²) in [5, 5.41) is 6.19. The van der Waals surface area contributed by atoms with E-state index >= 15 is 0 Å². The molecule has 1 aromatic carbocycles. The van der Waals surface area contributed by atoms with Gasteiger partial charge in [0.2, 0.25) is 0 Å². The number of unbranched alkanes of at least 4 members (excludes halogenated alkanes) is 27. The lowest BCUT2D eigenvalue weighted by atomic mass is 10.0. The van der Waals surface area contributed by atoms with Gasteiger partial charge in [-0.1, -0.05) is 194 Å². The van der Waals surface area contributed by atoms with Crippen LogP contribution >= 0.6 is 0 Å². The Bertz CT molecular complexity index is 902. The minimum Gasteiger partial charge on any atom is -0.493 e. The van der Waals surface area contributed by atoms with Gasteiger partial charge in [-0.05, 0) is 37.5 Å². The molecule has 0 fully saturated rings. The third-order valence-corrected chi connectivity index (χ3v) is 9.88. The molecule has 2 amide bonds. The van der Waals surface area contributed by atoms with E-state index in [-0.39, 0.29) is 11.8 Å². The predicted molar refractivity (Wildman–Crippen MR) is 212 cm³/mol. The highest BCUT2D eigenvalue weighted by Gasteiger charge is 2.16. The molecule has 0 unspecified atom stereocenters. The van der Waals surface area contributed by atoms with Crippen LogP contribution in [0.2, 0.25) is 0 Å². The molecule has 5 nitrogen and oxygen atoms in total. The van der Waals surface area contributed by atoms with Crippen molar-refractivity contribution in [1.29, 1.82) is 0 Å². The standard InChI is InChI=1S/C44H80N2O3/c1-4-7-10-13-16-19-20-21-22-23-24-27-30-33-38-49-42-39-40(43(47)45-36-31-28-25-17-14-11-8-5-2)34-35-41(42)44(48)46-37-32-29-26-18-15-12-9-6-3/h34-35,39H,4-33,36-38H2,1-3H3,(H,45,47)(H,46,48). The van der Waals surface area contributed by atoms with Crippen LogP contribution < -0.4 is 15.4 Å². The van der Waals surface area contributed by atoms with Gasteiger partial charge in [-0.2, -0.15) is 0 Å². The Hall–Kier alpha value is -2.04. The summed E-state index contributed by atoms with van der Waals surface area (Å²) in [4.78, 5) is 26.2. The molecule has 0 saturated heterocycles. The second-order valence-electron chi connectivity index (χ2n) is 14.6. The Kier molecular flexibility index (Phi) is 31.6. The molecule has 2 N–H and O–H groups in total. The van der Waals surface area contributed by atoms with Crippen LogP contribution in [0.1, 0.15) is 234 Å². The van der Waals surface area contributed by atoms with E-state index in [2.05, 4.69) is 31.4 Å². The van der Waals surface area contributed by atoms with Crippen molar-refractivity contribution in [3.8, 4) is 5.75 Å². The first kappa shape index (κ1) is 45.0. The normalized spacial score (nSPS) is 11.2. The van der Waals surface area contributed by atoms with Crippen molar-refractivity contribution < 1.29 is 14.3 Å². The summed E-state index contributed by atoms with van der Waals surface area (Å²) in [7, 11) is 0. The number of rotatable bonds is 36. The number of benzene rings is 1. The van der Waals surface area contributed by atoms with Gasteiger partial charge in [-0.25, -0.2) is 0 Å². The molecule has 1 rings (SSSR count). The van der Waals surface area contributed by atoms with Crippen molar-refractivity contribution >= 4 is 11.8 Å². The van der Waals surface area contributed by atoms with Crippen LogP contribution in [0.15, 0.2) is 18.2 Å². The summed E-state index contributed by atoms with van der Waals surface area (Å²) in [6.07, 6.45) is 38.3. The first-order chi connectivity index (χ1) is 24.1. The summed E-state index contributed by atoms with van der Waals surface area (Å²) < 4.78 is 6.20. The molecule has 0 spiro atoms. The SMILES string of the molecule is CCCCCCCCCCCCCCCCOc1cc(C(=O)NCCCCCCCCCC)ccc1C(=O)NCCCCCCCCCC. The first-order valence-corrected chi connectivity index (χ1v) is 21.5. The van der Waals surface area contributed by atoms with Crippen LogP contribution in [0, 0.1) is 0 Å². The number of hydrogen-bond acceptors (Lipinski definition) is 3. The molecule has 0 aliphatic rings. The van der Waals surface area contributed by atoms with E-state index in [9.17, 15) is 9.59 Å². The van der Waals surface area contributed by atoms with E-state index in [4.69, 9.17) is 4.74 Å². The zero-order valence-electron chi connectivity index (χ0n) is 32.8. The molecule has 0 heterocycles. The molecular formula is C44H80N2O3. The van der Waals surface area contributed by atoms with Gasteiger partial charge in [0.05, 0.1) is 12.2 Å². The molecule has 284 valence electrons. The largest absolute Gasteiger partial charge is 0.493 e. The molecular weight excluding hydrogens is 604 g/mol. The maximum absolute atomic E-state index is 13.2. The first-order valence-electron chi connectivity index (χ1n) is 21.5. The Balaban J connectivity index is 2.46. The summed E-state index contributed by atoms with van der Waals surface area (Å²) in [6, 6.07) is 5.32. The maximum Gasteiger partial charge on any atom is 0.255 e. The molecule has 1 aromatic rings. The fourth-order valence-electron chi connectivity index (χ4n) is 6.57. The average molecular weight is 685 g/mol. The topological polar surface area (TPSA) is 67.4 Å². The Morgan fingerprint density at radius 2 is 0.796 bits per heavy atom. The number of carbonyl (C=O) groups is 2. The molecule has 0 bridgehead atoms. The molecule has 0 saturated carbocycles. The summed E-state index contributed by atoms with van der Waals surface area (Å²) >= 11 is 0. The van der Waals surface area contributed by atoms with Gasteiger partial charge in [-0.15, -0.1) is 0 Å². The van der Waals surface area contributed by atoms with E-state index in [1.807, 2.05) is 0 Å². The smallest absolute Gasteiger partial charge is 0.255 e. The van der Waals surface area contributed by atoms with Crippen molar-refractivity contribution in [3.63, 3.8) is 0 Å². The van der Waals surface area contributed by atoms with Crippen LogP contribution in [0.3, 0.4) is 0 Å². The van der Waals surface area contributed by atoms with Gasteiger partial charge >= 0.3 is 0 Å². The zero-order valence-corrected chi connectivity index (χ0v) is 32.8. The molecule has 0 aliphatic carbocycles. The second-order valence-corrected chi connectivity index (χ2v) is 14.6. The fraction of sp³-hybridized carbons (Fsp3) is 0.818. The lowest BCUT2D eigenvalue weighted by molar-refractivity contribution is 0.0937. The minimum absolute atomic E-state index is 0.0878. The lowest BCUT2D eigenvalue weighted by Crippen LogP contribution is -2.26. The second kappa shape index (κ2) is 34.4.